The highest BCUT2D eigenvalue weighted by molar-refractivity contribution is 5.90. The third-order valence-corrected chi connectivity index (χ3v) is 1.32. The number of amides is 1. The van der Waals surface area contributed by atoms with Gasteiger partial charge >= 0.3 is 0 Å². The summed E-state index contributed by atoms with van der Waals surface area (Å²) in [4.78, 5) is 18.1. The fraction of sp³-hybridized carbons (Fsp3) is 0.700. The third kappa shape index (κ3) is 54.2. The summed E-state index contributed by atoms with van der Waals surface area (Å²) in [5, 5.41) is 14.8. The van der Waals surface area contributed by atoms with Gasteiger partial charge in [-0.15, -0.1) is 0 Å². The van der Waals surface area contributed by atoms with Gasteiger partial charge in [-0.05, 0) is 13.3 Å². The minimum absolute atomic E-state index is 0.398. The smallest absolute Gasteiger partial charge is 0.243 e. The molecule has 0 aliphatic rings. The molecule has 0 rings (SSSR count). The Morgan fingerprint density at radius 1 is 1.35 bits per heavy atom. The fourth-order valence-corrected chi connectivity index (χ4v) is 0.671. The van der Waals surface area contributed by atoms with E-state index in [-0.39, 0.29) is 0 Å². The van der Waals surface area contributed by atoms with Crippen LogP contribution in [-0.4, -0.2) is 43.2 Å². The molecule has 0 heterocycles. The number of rotatable bonds is 3. The quantitative estimate of drug-likeness (QED) is 0.347. The topological polar surface area (TPSA) is 109 Å². The van der Waals surface area contributed by atoms with Gasteiger partial charge in [0.2, 0.25) is 5.91 Å². The second kappa shape index (κ2) is 10.9. The highest BCUT2D eigenvalue weighted by atomic mass is 16.9. The maximum Gasteiger partial charge on any atom is 0.243 e. The van der Waals surface area contributed by atoms with Crippen molar-refractivity contribution in [3.8, 4) is 0 Å². The van der Waals surface area contributed by atoms with Crippen molar-refractivity contribution in [2.24, 2.45) is 5.73 Å². The van der Waals surface area contributed by atoms with Gasteiger partial charge in [-0.2, -0.15) is 0 Å². The third-order valence-electron chi connectivity index (χ3n) is 1.32. The van der Waals surface area contributed by atoms with E-state index >= 15 is 0 Å². The van der Waals surface area contributed by atoms with Crippen molar-refractivity contribution < 1.29 is 14.4 Å². The summed E-state index contributed by atoms with van der Waals surface area (Å²) in [7, 11) is 6.64. The molecule has 0 atom stereocenters. The molecule has 0 unspecified atom stereocenters. The van der Waals surface area contributed by atoms with E-state index in [0.29, 0.717) is 5.57 Å². The first-order valence-electron chi connectivity index (χ1n) is 5.01. The van der Waals surface area contributed by atoms with Gasteiger partial charge in [0.05, 0.1) is 32.8 Å². The van der Waals surface area contributed by atoms with Crippen LogP contribution in [0.1, 0.15) is 20.3 Å². The largest absolute Gasteiger partial charge is 0.366 e. The summed E-state index contributed by atoms with van der Waals surface area (Å²) in [5.41, 5.74) is 5.09. The van der Waals surface area contributed by atoms with Crippen molar-refractivity contribution in [1.29, 1.82) is 0 Å². The molecule has 7 nitrogen and oxygen atoms in total. The van der Waals surface area contributed by atoms with E-state index < -0.39 is 11.0 Å². The average molecular weight is 249 g/mol. The number of nitrogens with two attached hydrogens (primary N) is 1. The summed E-state index contributed by atoms with van der Waals surface area (Å²) in [6, 6.07) is 0. The molecule has 0 saturated carbocycles. The molecule has 102 valence electrons. The standard InChI is InChI=1S/C6H16N.C4H7NO.NO3/c1-5-6-7(2,3)4;1-3(2)4(5)6;2-1(3)4/h5-6H2,1-4H3;1H2,2H3,(H2,5,6);/q+1;;-1. The van der Waals surface area contributed by atoms with Crippen LogP contribution in [-0.2, 0) is 4.79 Å². The van der Waals surface area contributed by atoms with E-state index in [2.05, 4.69) is 34.6 Å². The minimum atomic E-state index is -1.75. The summed E-state index contributed by atoms with van der Waals surface area (Å²) < 4.78 is 1.09. The maximum atomic E-state index is 9.82. The molecule has 1 amide bonds. The molecule has 0 aliphatic heterocycles. The first-order valence-corrected chi connectivity index (χ1v) is 5.01. The van der Waals surface area contributed by atoms with Gasteiger partial charge in [0.15, 0.2) is 0 Å². The van der Waals surface area contributed by atoms with Gasteiger partial charge in [0, 0.05) is 5.57 Å². The van der Waals surface area contributed by atoms with Crippen molar-refractivity contribution in [3.63, 3.8) is 0 Å². The van der Waals surface area contributed by atoms with Crippen LogP contribution in [0.15, 0.2) is 12.2 Å². The predicted octanol–water partition coefficient (Wildman–Crippen LogP) is 0.911. The lowest BCUT2D eigenvalue weighted by Crippen LogP contribution is -2.34. The number of hydrogen-bond donors (Lipinski definition) is 1. The molecule has 0 aromatic rings. The van der Waals surface area contributed by atoms with Crippen LogP contribution in [0.3, 0.4) is 0 Å². The Morgan fingerprint density at radius 3 is 1.59 bits per heavy atom. The van der Waals surface area contributed by atoms with Crippen molar-refractivity contribution in [2.45, 2.75) is 20.3 Å². The van der Waals surface area contributed by atoms with E-state index in [4.69, 9.17) is 21.1 Å². The average Bonchev–Trinajstić information content (AvgIpc) is 2.00. The van der Waals surface area contributed by atoms with Crippen molar-refractivity contribution >= 4 is 5.91 Å². The number of nitrogens with zero attached hydrogens (tertiary/aromatic N) is 2. The normalized spacial score (nSPS) is 9.00. The van der Waals surface area contributed by atoms with Crippen LogP contribution in [0.2, 0.25) is 0 Å². The van der Waals surface area contributed by atoms with E-state index in [1.165, 1.54) is 13.0 Å². The van der Waals surface area contributed by atoms with E-state index in [9.17, 15) is 4.79 Å². The molecule has 2 N–H and O–H groups in total. The first-order chi connectivity index (χ1) is 7.44. The van der Waals surface area contributed by atoms with Crippen molar-refractivity contribution in [3.05, 3.63) is 27.5 Å². The van der Waals surface area contributed by atoms with Crippen LogP contribution in [0, 0.1) is 15.3 Å². The maximum absolute atomic E-state index is 9.82. The van der Waals surface area contributed by atoms with Gasteiger partial charge in [0.1, 0.15) is 0 Å². The van der Waals surface area contributed by atoms with Crippen LogP contribution in [0.5, 0.6) is 0 Å². The molecule has 7 heteroatoms. The highest BCUT2D eigenvalue weighted by Crippen LogP contribution is 1.90. The Hall–Kier alpha value is -1.63. The molecule has 0 saturated heterocycles. The zero-order valence-corrected chi connectivity index (χ0v) is 11.2. The second-order valence-electron chi connectivity index (χ2n) is 4.38. The lowest BCUT2D eigenvalue weighted by atomic mass is 10.3. The van der Waals surface area contributed by atoms with E-state index in [0.717, 1.165) is 4.48 Å². The second-order valence-corrected chi connectivity index (χ2v) is 4.38. The summed E-state index contributed by atoms with van der Waals surface area (Å²) in [6.45, 7) is 8.34. The van der Waals surface area contributed by atoms with Crippen LogP contribution in [0.25, 0.3) is 0 Å². The molecule has 0 aromatic heterocycles. The Kier molecular flexibility index (Phi) is 13.3. The number of primary amides is 1. The number of carbonyl (C=O) groups is 1. The zero-order chi connectivity index (χ0) is 14.6. The molecule has 0 radical (unpaired) electrons. The lowest BCUT2D eigenvalue weighted by molar-refractivity contribution is -0.870. The van der Waals surface area contributed by atoms with Gasteiger partial charge in [-0.25, -0.2) is 0 Å². The van der Waals surface area contributed by atoms with Gasteiger partial charge in [-0.1, -0.05) is 13.5 Å². The molecule has 0 bridgehead atoms. The van der Waals surface area contributed by atoms with Crippen LogP contribution in [0.4, 0.5) is 0 Å². The Bertz CT molecular complexity index is 230. The first kappa shape index (κ1) is 20.7. The Balaban J connectivity index is -0.000000180. The van der Waals surface area contributed by atoms with Crippen molar-refractivity contribution in [2.75, 3.05) is 27.7 Å². The predicted molar refractivity (Wildman–Crippen MR) is 67.6 cm³/mol. The lowest BCUT2D eigenvalue weighted by Gasteiger charge is -2.22. The van der Waals surface area contributed by atoms with Gasteiger partial charge in [0.25, 0.3) is 0 Å². The number of hydrogen-bond acceptors (Lipinski definition) is 4. The molecule has 0 aromatic carbocycles. The Labute approximate surface area is 102 Å². The molecular weight excluding hydrogens is 226 g/mol. The van der Waals surface area contributed by atoms with Gasteiger partial charge in [-0.3, -0.25) is 4.79 Å². The number of carbonyl (C=O) groups excluding carboxylic acids is 1. The molecule has 0 aliphatic carbocycles. The van der Waals surface area contributed by atoms with Crippen LogP contribution < -0.4 is 5.73 Å². The highest BCUT2D eigenvalue weighted by Gasteiger charge is 2.01. The van der Waals surface area contributed by atoms with E-state index in [1.54, 1.807) is 6.92 Å². The zero-order valence-electron chi connectivity index (χ0n) is 11.2. The van der Waals surface area contributed by atoms with E-state index in [1.807, 2.05) is 0 Å². The molecule has 0 fully saturated rings. The monoisotopic (exact) mass is 249 g/mol. The summed E-state index contributed by atoms with van der Waals surface area (Å²) >= 11 is 0. The van der Waals surface area contributed by atoms with Crippen molar-refractivity contribution in [1.82, 2.24) is 0 Å². The molecule has 17 heavy (non-hydrogen) atoms. The minimum Gasteiger partial charge on any atom is -0.366 e. The van der Waals surface area contributed by atoms with Gasteiger partial charge < -0.3 is 25.5 Å². The summed E-state index contributed by atoms with van der Waals surface area (Å²) in [5.74, 6) is -0.435. The molecule has 0 spiro atoms. The SMILES string of the molecule is C=C(C)C(N)=O.CCC[N+](C)(C)C.O=[N+]([O-])[O-]. The fourth-order valence-electron chi connectivity index (χ4n) is 0.671. The van der Waals surface area contributed by atoms with Crippen LogP contribution >= 0.6 is 0 Å². The Morgan fingerprint density at radius 2 is 1.59 bits per heavy atom. The summed E-state index contributed by atoms with van der Waals surface area (Å²) in [6.07, 6.45) is 1.28. The number of quaternary nitrogens is 1. The molecular formula is C10H23N3O4.